The molecule has 0 fully saturated rings. The van der Waals surface area contributed by atoms with Crippen LogP contribution in [0.4, 0.5) is 11.4 Å². The molecule has 0 aliphatic carbocycles. The third kappa shape index (κ3) is 5.76. The number of amides is 2. The average Bonchev–Trinajstić information content (AvgIpc) is 2.66. The predicted octanol–water partition coefficient (Wildman–Crippen LogP) is 1.99. The fourth-order valence-corrected chi connectivity index (χ4v) is 2.64. The zero-order valence-electron chi connectivity index (χ0n) is 15.7. The Bertz CT molecular complexity index is 959. The van der Waals surface area contributed by atoms with Crippen LogP contribution in [0.5, 0.6) is 5.75 Å². The standard InChI is InChI=1S/C19H19N3O7/c1-11(23)20-14-5-3-4-12(8-14)18(24)21-16(19(25)26)10-13-9-15(22(27)28)6-7-17(13)29-2/h3-9,16H,10H2,1-2H3,(H,20,23)(H,21,24)(H,25,26)/t16-/m1/s1. The van der Waals surface area contributed by atoms with E-state index in [1.165, 1.54) is 44.4 Å². The van der Waals surface area contributed by atoms with Crippen LogP contribution in [0, 0.1) is 10.1 Å². The second-order valence-corrected chi connectivity index (χ2v) is 6.08. The van der Waals surface area contributed by atoms with Gasteiger partial charge in [0, 0.05) is 42.3 Å². The van der Waals surface area contributed by atoms with Crippen LogP contribution in [-0.2, 0) is 16.0 Å². The Kier molecular flexibility index (Phi) is 6.85. The molecule has 10 heteroatoms. The topological polar surface area (TPSA) is 148 Å². The highest BCUT2D eigenvalue weighted by atomic mass is 16.6. The summed E-state index contributed by atoms with van der Waals surface area (Å²) >= 11 is 0. The van der Waals surface area contributed by atoms with Gasteiger partial charge in [0.25, 0.3) is 11.6 Å². The van der Waals surface area contributed by atoms with Gasteiger partial charge in [-0.2, -0.15) is 0 Å². The van der Waals surface area contributed by atoms with Crippen LogP contribution in [0.15, 0.2) is 42.5 Å². The Morgan fingerprint density at radius 2 is 1.93 bits per heavy atom. The van der Waals surface area contributed by atoms with E-state index < -0.39 is 22.8 Å². The summed E-state index contributed by atoms with van der Waals surface area (Å²) in [7, 11) is 1.35. The third-order valence-electron chi connectivity index (χ3n) is 3.95. The largest absolute Gasteiger partial charge is 0.496 e. The molecule has 0 unspecified atom stereocenters. The number of rotatable bonds is 8. The number of carbonyl (C=O) groups excluding carboxylic acids is 2. The van der Waals surface area contributed by atoms with Crippen molar-refractivity contribution in [2.75, 3.05) is 12.4 Å². The van der Waals surface area contributed by atoms with Gasteiger partial charge in [0.15, 0.2) is 0 Å². The second kappa shape index (κ2) is 9.31. The number of hydrogen-bond donors (Lipinski definition) is 3. The van der Waals surface area contributed by atoms with E-state index in [1.807, 2.05) is 0 Å². The average molecular weight is 401 g/mol. The van der Waals surface area contributed by atoms with E-state index >= 15 is 0 Å². The van der Waals surface area contributed by atoms with E-state index in [2.05, 4.69) is 10.6 Å². The van der Waals surface area contributed by atoms with Gasteiger partial charge in [-0.15, -0.1) is 0 Å². The number of non-ortho nitro benzene ring substituents is 1. The Balaban J connectivity index is 2.24. The van der Waals surface area contributed by atoms with Crippen LogP contribution in [0.1, 0.15) is 22.8 Å². The van der Waals surface area contributed by atoms with Crippen LogP contribution in [-0.4, -0.2) is 41.0 Å². The van der Waals surface area contributed by atoms with Crippen molar-refractivity contribution in [1.29, 1.82) is 0 Å². The van der Waals surface area contributed by atoms with Crippen molar-refractivity contribution in [1.82, 2.24) is 5.32 Å². The molecule has 0 saturated heterocycles. The van der Waals surface area contributed by atoms with Crippen molar-refractivity contribution in [3.05, 3.63) is 63.7 Å². The number of aliphatic carboxylic acids is 1. The molecular formula is C19H19N3O7. The number of anilines is 1. The van der Waals surface area contributed by atoms with E-state index in [0.717, 1.165) is 0 Å². The Morgan fingerprint density at radius 1 is 1.21 bits per heavy atom. The molecule has 0 heterocycles. The van der Waals surface area contributed by atoms with E-state index in [4.69, 9.17) is 4.74 Å². The lowest BCUT2D eigenvalue weighted by molar-refractivity contribution is -0.384. The molecule has 2 rings (SSSR count). The zero-order valence-corrected chi connectivity index (χ0v) is 15.7. The number of methoxy groups -OCH3 is 1. The number of ether oxygens (including phenoxy) is 1. The van der Waals surface area contributed by atoms with Crippen molar-refractivity contribution in [2.45, 2.75) is 19.4 Å². The summed E-state index contributed by atoms with van der Waals surface area (Å²) in [4.78, 5) is 45.7. The van der Waals surface area contributed by atoms with Crippen molar-refractivity contribution in [2.24, 2.45) is 0 Å². The highest BCUT2D eigenvalue weighted by Gasteiger charge is 2.24. The molecule has 2 aromatic carbocycles. The predicted molar refractivity (Wildman–Crippen MR) is 103 cm³/mol. The highest BCUT2D eigenvalue weighted by molar-refractivity contribution is 5.98. The quantitative estimate of drug-likeness (QED) is 0.452. The number of nitro benzene ring substituents is 1. The van der Waals surface area contributed by atoms with Gasteiger partial charge < -0.3 is 20.5 Å². The van der Waals surface area contributed by atoms with Gasteiger partial charge >= 0.3 is 5.97 Å². The minimum absolute atomic E-state index is 0.147. The summed E-state index contributed by atoms with van der Waals surface area (Å²) < 4.78 is 5.13. The van der Waals surface area contributed by atoms with Gasteiger partial charge in [0.2, 0.25) is 5.91 Å². The molecule has 2 aromatic rings. The van der Waals surface area contributed by atoms with Gasteiger partial charge in [-0.25, -0.2) is 4.79 Å². The molecule has 29 heavy (non-hydrogen) atoms. The number of carboxylic acid groups (broad SMARTS) is 1. The van der Waals surface area contributed by atoms with Gasteiger partial charge in [-0.05, 0) is 24.3 Å². The number of carboxylic acids is 1. The molecular weight excluding hydrogens is 382 g/mol. The molecule has 152 valence electrons. The summed E-state index contributed by atoms with van der Waals surface area (Å²) in [5.74, 6) is -2.04. The summed E-state index contributed by atoms with van der Waals surface area (Å²) in [6.45, 7) is 1.32. The lowest BCUT2D eigenvalue weighted by atomic mass is 10.0. The van der Waals surface area contributed by atoms with Gasteiger partial charge in [0.1, 0.15) is 11.8 Å². The zero-order chi connectivity index (χ0) is 21.6. The molecule has 0 aromatic heterocycles. The smallest absolute Gasteiger partial charge is 0.326 e. The first-order chi connectivity index (χ1) is 13.7. The maximum absolute atomic E-state index is 12.5. The summed E-state index contributed by atoms with van der Waals surface area (Å²) in [6.07, 6.45) is -0.225. The molecule has 0 aliphatic heterocycles. The molecule has 3 N–H and O–H groups in total. The fraction of sp³-hybridized carbons (Fsp3) is 0.211. The Hall–Kier alpha value is -3.95. The van der Waals surface area contributed by atoms with Crippen molar-refractivity contribution in [3.63, 3.8) is 0 Å². The lowest BCUT2D eigenvalue weighted by Crippen LogP contribution is -2.42. The Morgan fingerprint density at radius 3 is 2.52 bits per heavy atom. The van der Waals surface area contributed by atoms with Crippen LogP contribution in [0.3, 0.4) is 0 Å². The summed E-state index contributed by atoms with van der Waals surface area (Å²) in [6, 6.07) is 8.45. The maximum Gasteiger partial charge on any atom is 0.326 e. The van der Waals surface area contributed by atoms with Crippen LogP contribution in [0.2, 0.25) is 0 Å². The van der Waals surface area contributed by atoms with Gasteiger partial charge in [-0.3, -0.25) is 19.7 Å². The van der Waals surface area contributed by atoms with Crippen molar-refractivity contribution >= 4 is 29.2 Å². The highest BCUT2D eigenvalue weighted by Crippen LogP contribution is 2.25. The lowest BCUT2D eigenvalue weighted by Gasteiger charge is -2.16. The second-order valence-electron chi connectivity index (χ2n) is 6.08. The molecule has 0 aliphatic rings. The maximum atomic E-state index is 12.5. The van der Waals surface area contributed by atoms with E-state index in [9.17, 15) is 29.6 Å². The molecule has 0 saturated carbocycles. The molecule has 0 spiro atoms. The summed E-state index contributed by atoms with van der Waals surface area (Å²) in [5.41, 5.74) is 0.576. The third-order valence-corrected chi connectivity index (χ3v) is 3.95. The first kappa shape index (κ1) is 21.4. The number of nitrogens with zero attached hydrogens (tertiary/aromatic N) is 1. The minimum atomic E-state index is -1.36. The van der Waals surface area contributed by atoms with Crippen molar-refractivity contribution < 1.29 is 29.2 Å². The first-order valence-electron chi connectivity index (χ1n) is 8.44. The molecule has 10 nitrogen and oxygen atoms in total. The normalized spacial score (nSPS) is 11.2. The van der Waals surface area contributed by atoms with E-state index in [-0.39, 0.29) is 34.9 Å². The molecule has 0 bridgehead atoms. The molecule has 0 radical (unpaired) electrons. The monoisotopic (exact) mass is 401 g/mol. The van der Waals surface area contributed by atoms with E-state index in [1.54, 1.807) is 12.1 Å². The minimum Gasteiger partial charge on any atom is -0.496 e. The fourth-order valence-electron chi connectivity index (χ4n) is 2.64. The van der Waals surface area contributed by atoms with Crippen LogP contribution < -0.4 is 15.4 Å². The van der Waals surface area contributed by atoms with Crippen LogP contribution in [0.25, 0.3) is 0 Å². The molecule has 2 amide bonds. The summed E-state index contributed by atoms with van der Waals surface area (Å²) in [5, 5.41) is 25.4. The van der Waals surface area contributed by atoms with Crippen LogP contribution >= 0.6 is 0 Å². The first-order valence-corrected chi connectivity index (χ1v) is 8.44. The number of benzene rings is 2. The van der Waals surface area contributed by atoms with Crippen molar-refractivity contribution in [3.8, 4) is 5.75 Å². The number of nitrogens with one attached hydrogen (secondary N) is 2. The Labute approximate surface area is 165 Å². The number of nitro groups is 1. The van der Waals surface area contributed by atoms with Gasteiger partial charge in [0.05, 0.1) is 12.0 Å². The van der Waals surface area contributed by atoms with E-state index in [0.29, 0.717) is 5.69 Å². The SMILES string of the molecule is COc1ccc([N+](=O)[O-])cc1C[C@@H](NC(=O)c1cccc(NC(C)=O)c1)C(=O)O. The number of hydrogen-bond acceptors (Lipinski definition) is 6. The van der Waals surface area contributed by atoms with Gasteiger partial charge in [-0.1, -0.05) is 6.07 Å². The number of carbonyl (C=O) groups is 3. The molecule has 1 atom stereocenters.